The van der Waals surface area contributed by atoms with E-state index in [0.29, 0.717) is 18.2 Å². The molecule has 8 nitrogen and oxygen atoms in total. The molecule has 2 heterocycles. The smallest absolute Gasteiger partial charge is 0.271 e. The molecule has 0 aliphatic heterocycles. The zero-order valence-electron chi connectivity index (χ0n) is 18.0. The Morgan fingerprint density at radius 1 is 1.09 bits per heavy atom. The zero-order valence-corrected chi connectivity index (χ0v) is 18.0. The van der Waals surface area contributed by atoms with Gasteiger partial charge in [-0.2, -0.15) is 0 Å². The number of hydrogen-bond donors (Lipinski definition) is 1. The maximum atomic E-state index is 12.8. The first kappa shape index (κ1) is 21.0. The molecular formula is C24H23N7O. The van der Waals surface area contributed by atoms with Crippen LogP contribution in [0.15, 0.2) is 59.4 Å². The molecule has 0 saturated carbocycles. The van der Waals surface area contributed by atoms with Crippen molar-refractivity contribution in [3.05, 3.63) is 76.5 Å². The second-order valence-electron chi connectivity index (χ2n) is 7.15. The number of tetrazole rings is 1. The van der Waals surface area contributed by atoms with Crippen LogP contribution in [0.25, 0.3) is 28.6 Å². The lowest BCUT2D eigenvalue weighted by atomic mass is 10.0. The number of nitrogens with zero attached hydrogens (tertiary/aromatic N) is 6. The molecule has 0 aliphatic carbocycles. The molecule has 0 amide bonds. The van der Waals surface area contributed by atoms with Gasteiger partial charge in [-0.15, -0.1) is 16.1 Å². The van der Waals surface area contributed by atoms with Crippen LogP contribution in [0.1, 0.15) is 31.7 Å². The van der Waals surface area contributed by atoms with E-state index in [0.717, 1.165) is 28.7 Å². The second kappa shape index (κ2) is 9.71. The van der Waals surface area contributed by atoms with Crippen molar-refractivity contribution >= 4 is 6.08 Å². The molecule has 0 radical (unpaired) electrons. The third-order valence-electron chi connectivity index (χ3n) is 4.97. The van der Waals surface area contributed by atoms with E-state index in [1.165, 1.54) is 4.68 Å². The third kappa shape index (κ3) is 4.57. The van der Waals surface area contributed by atoms with Gasteiger partial charge in [0.25, 0.3) is 0 Å². The maximum Gasteiger partial charge on any atom is 0.347 e. The first-order chi connectivity index (χ1) is 15.7. The maximum absolute atomic E-state index is 12.8. The minimum Gasteiger partial charge on any atom is -0.271 e. The van der Waals surface area contributed by atoms with Crippen molar-refractivity contribution in [2.45, 2.75) is 33.4 Å². The van der Waals surface area contributed by atoms with Crippen LogP contribution in [-0.2, 0) is 13.1 Å². The van der Waals surface area contributed by atoms with Gasteiger partial charge in [0.05, 0.1) is 6.54 Å². The first-order valence-corrected chi connectivity index (χ1v) is 10.4. The van der Waals surface area contributed by atoms with E-state index < -0.39 is 0 Å². The minimum absolute atomic E-state index is 0.166. The summed E-state index contributed by atoms with van der Waals surface area (Å²) >= 11 is 0. The first-order valence-electron chi connectivity index (χ1n) is 10.4. The van der Waals surface area contributed by atoms with Gasteiger partial charge < -0.3 is 0 Å². The molecule has 0 fully saturated rings. The summed E-state index contributed by atoms with van der Waals surface area (Å²) in [5, 5.41) is 18.5. The quantitative estimate of drug-likeness (QED) is 0.458. The zero-order chi connectivity index (χ0) is 22.3. The summed E-state index contributed by atoms with van der Waals surface area (Å²) in [6, 6.07) is 16.2. The van der Waals surface area contributed by atoms with Crippen molar-refractivity contribution in [1.82, 2.24) is 35.0 Å². The lowest BCUT2D eigenvalue weighted by molar-refractivity contribution is 0.657. The summed E-state index contributed by atoms with van der Waals surface area (Å²) < 4.78 is 3.08. The van der Waals surface area contributed by atoms with Gasteiger partial charge in [-0.25, -0.2) is 14.6 Å². The average Bonchev–Trinajstić information content (AvgIpc) is 3.46. The van der Waals surface area contributed by atoms with Crippen LogP contribution in [0.5, 0.6) is 0 Å². The number of H-pyrrole nitrogens is 1. The van der Waals surface area contributed by atoms with Gasteiger partial charge in [0, 0.05) is 5.56 Å². The normalized spacial score (nSPS) is 10.9. The lowest BCUT2D eigenvalue weighted by Crippen LogP contribution is -2.25. The van der Waals surface area contributed by atoms with Gasteiger partial charge in [0.1, 0.15) is 6.54 Å². The SMILES string of the molecule is CC#CCn1nc(C=CCC)n(Cc2ccc(-c3cccc(-c4nnn[nH]4)c3)cc2)c1=O. The van der Waals surface area contributed by atoms with Crippen LogP contribution < -0.4 is 5.69 Å². The van der Waals surface area contributed by atoms with E-state index in [2.05, 4.69) is 37.6 Å². The molecule has 8 heteroatoms. The van der Waals surface area contributed by atoms with E-state index in [1.54, 1.807) is 11.5 Å². The van der Waals surface area contributed by atoms with Crippen LogP contribution in [0, 0.1) is 11.8 Å². The monoisotopic (exact) mass is 425 g/mol. The van der Waals surface area contributed by atoms with Crippen LogP contribution in [-0.4, -0.2) is 35.0 Å². The Bertz CT molecular complexity index is 1330. The van der Waals surface area contributed by atoms with Gasteiger partial charge in [0.2, 0.25) is 0 Å². The topological polar surface area (TPSA) is 94.3 Å². The fourth-order valence-electron chi connectivity index (χ4n) is 3.32. The molecule has 0 bridgehead atoms. The number of aromatic nitrogens is 7. The molecule has 0 aliphatic rings. The van der Waals surface area contributed by atoms with Crippen molar-refractivity contribution in [1.29, 1.82) is 0 Å². The highest BCUT2D eigenvalue weighted by molar-refractivity contribution is 5.70. The minimum atomic E-state index is -0.166. The summed E-state index contributed by atoms with van der Waals surface area (Å²) in [5.41, 5.74) is 3.88. The molecule has 4 rings (SSSR count). The van der Waals surface area contributed by atoms with Crippen molar-refractivity contribution in [2.75, 3.05) is 0 Å². The molecule has 2 aromatic heterocycles. The van der Waals surface area contributed by atoms with E-state index in [9.17, 15) is 4.79 Å². The number of aromatic amines is 1. The Kier molecular flexibility index (Phi) is 6.37. The summed E-state index contributed by atoms with van der Waals surface area (Å²) in [5.74, 6) is 6.97. The van der Waals surface area contributed by atoms with Crippen molar-refractivity contribution < 1.29 is 0 Å². The molecule has 1 N–H and O–H groups in total. The van der Waals surface area contributed by atoms with Gasteiger partial charge in [-0.05, 0) is 52.6 Å². The Morgan fingerprint density at radius 3 is 2.62 bits per heavy atom. The fourth-order valence-corrected chi connectivity index (χ4v) is 3.32. The number of rotatable bonds is 7. The molecule has 160 valence electrons. The lowest BCUT2D eigenvalue weighted by Gasteiger charge is -2.07. The summed E-state index contributed by atoms with van der Waals surface area (Å²) in [4.78, 5) is 12.8. The Hall–Kier alpha value is -4.25. The molecule has 32 heavy (non-hydrogen) atoms. The summed E-state index contributed by atoms with van der Waals surface area (Å²) in [6.07, 6.45) is 4.75. The number of benzene rings is 2. The van der Waals surface area contributed by atoms with E-state index in [-0.39, 0.29) is 12.2 Å². The Balaban J connectivity index is 1.60. The van der Waals surface area contributed by atoms with Gasteiger partial charge >= 0.3 is 5.69 Å². The number of hydrogen-bond acceptors (Lipinski definition) is 5. The van der Waals surface area contributed by atoms with Crippen LogP contribution in [0.3, 0.4) is 0 Å². The molecule has 0 saturated heterocycles. The summed E-state index contributed by atoms with van der Waals surface area (Å²) in [7, 11) is 0. The third-order valence-corrected chi connectivity index (χ3v) is 4.97. The molecule has 0 atom stereocenters. The van der Waals surface area contributed by atoms with Gasteiger partial charge in [-0.1, -0.05) is 61.4 Å². The second-order valence-corrected chi connectivity index (χ2v) is 7.15. The van der Waals surface area contributed by atoms with Gasteiger partial charge in [-0.3, -0.25) is 4.57 Å². The summed E-state index contributed by atoms with van der Waals surface area (Å²) in [6.45, 7) is 4.52. The Morgan fingerprint density at radius 2 is 1.91 bits per heavy atom. The highest BCUT2D eigenvalue weighted by Crippen LogP contribution is 2.24. The number of nitrogens with one attached hydrogen (secondary N) is 1. The number of allylic oxidation sites excluding steroid dienone is 1. The standard InChI is InChI=1S/C24H23N7O/c1-3-5-10-22-27-31(15-6-4-2)24(32)30(22)17-18-11-13-19(14-12-18)20-8-7-9-21(16-20)23-25-28-29-26-23/h5,7-14,16H,3,15,17H2,1-2H3,(H,25,26,28,29). The predicted molar refractivity (Wildman–Crippen MR) is 123 cm³/mol. The highest BCUT2D eigenvalue weighted by Gasteiger charge is 2.11. The molecule has 0 spiro atoms. The van der Waals surface area contributed by atoms with Crippen molar-refractivity contribution in [3.8, 4) is 34.4 Å². The fraction of sp³-hybridized carbons (Fsp3) is 0.208. The van der Waals surface area contributed by atoms with Gasteiger partial charge in [0.15, 0.2) is 11.6 Å². The highest BCUT2D eigenvalue weighted by atomic mass is 16.2. The van der Waals surface area contributed by atoms with E-state index in [4.69, 9.17) is 0 Å². The molecular weight excluding hydrogens is 402 g/mol. The van der Waals surface area contributed by atoms with Crippen LogP contribution in [0.2, 0.25) is 0 Å². The van der Waals surface area contributed by atoms with E-state index >= 15 is 0 Å². The van der Waals surface area contributed by atoms with Crippen LogP contribution >= 0.6 is 0 Å². The van der Waals surface area contributed by atoms with E-state index in [1.807, 2.05) is 67.6 Å². The molecule has 2 aromatic carbocycles. The Labute approximate surface area is 185 Å². The molecule has 4 aromatic rings. The van der Waals surface area contributed by atoms with Crippen LogP contribution in [0.4, 0.5) is 0 Å². The van der Waals surface area contributed by atoms with Crippen molar-refractivity contribution in [3.63, 3.8) is 0 Å². The average molecular weight is 425 g/mol. The predicted octanol–water partition coefficient (Wildman–Crippen LogP) is 3.39. The van der Waals surface area contributed by atoms with Crippen molar-refractivity contribution in [2.24, 2.45) is 0 Å². The molecule has 0 unspecified atom stereocenters. The largest absolute Gasteiger partial charge is 0.347 e.